The van der Waals surface area contributed by atoms with Gasteiger partial charge in [-0.1, -0.05) is 31.1 Å². The number of amides is 1. The fourth-order valence-corrected chi connectivity index (χ4v) is 3.12. The molecule has 1 fully saturated rings. The highest BCUT2D eigenvalue weighted by Crippen LogP contribution is 2.39. The molecule has 0 spiro atoms. The van der Waals surface area contributed by atoms with E-state index < -0.39 is 0 Å². The van der Waals surface area contributed by atoms with Crippen LogP contribution in [0.1, 0.15) is 62.2 Å². The molecule has 114 valence electrons. The van der Waals surface area contributed by atoms with Gasteiger partial charge < -0.3 is 5.32 Å². The van der Waals surface area contributed by atoms with Crippen molar-refractivity contribution in [3.05, 3.63) is 10.8 Å². The number of nitrogens with zero attached hydrogens (tertiary/aromatic N) is 4. The molecule has 0 radical (unpaired) electrons. The van der Waals surface area contributed by atoms with Crippen molar-refractivity contribution in [1.29, 1.82) is 0 Å². The number of carbonyl (C=O) groups excluding carboxylic acids is 1. The largest absolute Gasteiger partial charge is 0.356 e. The van der Waals surface area contributed by atoms with Crippen molar-refractivity contribution in [2.75, 3.05) is 6.54 Å². The lowest BCUT2D eigenvalue weighted by Gasteiger charge is -2.03. The van der Waals surface area contributed by atoms with Crippen LogP contribution in [0.15, 0.2) is 0 Å². The molecule has 3 rings (SSSR count). The third-order valence-corrected chi connectivity index (χ3v) is 4.63. The molecular formula is C14H21N5OS. The van der Waals surface area contributed by atoms with E-state index in [0.717, 1.165) is 28.8 Å². The molecule has 0 atom stereocenters. The summed E-state index contributed by atoms with van der Waals surface area (Å²) < 4.78 is 1.86. The summed E-state index contributed by atoms with van der Waals surface area (Å²) in [5.74, 6) is 1.63. The zero-order valence-corrected chi connectivity index (χ0v) is 13.2. The molecule has 1 aliphatic carbocycles. The summed E-state index contributed by atoms with van der Waals surface area (Å²) in [4.78, 5) is 12.6. The molecule has 1 amide bonds. The highest BCUT2D eigenvalue weighted by atomic mass is 32.1. The Hall–Kier alpha value is -1.50. The topological polar surface area (TPSA) is 72.2 Å². The van der Waals surface area contributed by atoms with Crippen molar-refractivity contribution < 1.29 is 4.79 Å². The van der Waals surface area contributed by atoms with Gasteiger partial charge in [0.2, 0.25) is 10.9 Å². The number of nitrogens with one attached hydrogen (secondary N) is 1. The van der Waals surface area contributed by atoms with Crippen LogP contribution >= 0.6 is 11.3 Å². The first kappa shape index (κ1) is 14.4. The van der Waals surface area contributed by atoms with E-state index in [2.05, 4.69) is 27.5 Å². The Morgan fingerprint density at radius 3 is 3.00 bits per heavy atom. The van der Waals surface area contributed by atoms with Gasteiger partial charge in [0.25, 0.3) is 0 Å². The lowest BCUT2D eigenvalue weighted by Crippen LogP contribution is -2.24. The van der Waals surface area contributed by atoms with E-state index in [0.29, 0.717) is 18.8 Å². The van der Waals surface area contributed by atoms with Crippen LogP contribution in [0.25, 0.3) is 4.96 Å². The van der Waals surface area contributed by atoms with Gasteiger partial charge in [0, 0.05) is 25.3 Å². The molecule has 0 unspecified atom stereocenters. The van der Waals surface area contributed by atoms with E-state index in [-0.39, 0.29) is 5.91 Å². The van der Waals surface area contributed by atoms with E-state index in [1.165, 1.54) is 37.0 Å². The highest BCUT2D eigenvalue weighted by Gasteiger charge is 2.30. The average Bonchev–Trinajstić information content (AvgIpc) is 3.11. The summed E-state index contributed by atoms with van der Waals surface area (Å²) in [5, 5.41) is 16.8. The lowest BCUT2D eigenvalue weighted by molar-refractivity contribution is -0.121. The Kier molecular flexibility index (Phi) is 4.48. The van der Waals surface area contributed by atoms with Gasteiger partial charge in [-0.2, -0.15) is 9.61 Å². The first-order valence-electron chi connectivity index (χ1n) is 7.75. The molecule has 2 heterocycles. The van der Waals surface area contributed by atoms with E-state index >= 15 is 0 Å². The summed E-state index contributed by atoms with van der Waals surface area (Å²) in [6.07, 6.45) is 6.95. The Morgan fingerprint density at radius 2 is 2.24 bits per heavy atom. The molecular weight excluding hydrogens is 286 g/mol. The van der Waals surface area contributed by atoms with Crippen molar-refractivity contribution in [2.45, 2.75) is 57.8 Å². The van der Waals surface area contributed by atoms with Crippen LogP contribution in [0.2, 0.25) is 0 Å². The molecule has 0 bridgehead atoms. The van der Waals surface area contributed by atoms with E-state index in [1.807, 2.05) is 4.52 Å². The Morgan fingerprint density at radius 1 is 1.38 bits per heavy atom. The second kappa shape index (κ2) is 6.51. The molecule has 0 aromatic carbocycles. The van der Waals surface area contributed by atoms with E-state index in [4.69, 9.17) is 0 Å². The molecule has 0 saturated heterocycles. The molecule has 1 saturated carbocycles. The normalized spacial score (nSPS) is 14.7. The quantitative estimate of drug-likeness (QED) is 0.760. The van der Waals surface area contributed by atoms with Gasteiger partial charge in [0.15, 0.2) is 5.82 Å². The van der Waals surface area contributed by atoms with Crippen LogP contribution in [0.4, 0.5) is 0 Å². The monoisotopic (exact) mass is 307 g/mol. The summed E-state index contributed by atoms with van der Waals surface area (Å²) in [6.45, 7) is 2.94. The van der Waals surface area contributed by atoms with Crippen molar-refractivity contribution in [1.82, 2.24) is 25.1 Å². The lowest BCUT2D eigenvalue weighted by atomic mass is 10.2. The van der Waals surface area contributed by atoms with Crippen LogP contribution in [0.3, 0.4) is 0 Å². The SMILES string of the molecule is CCCCCNC(=O)CCc1nn2c(C3CC3)nnc2s1. The Labute approximate surface area is 128 Å². The third kappa shape index (κ3) is 3.58. The number of unbranched alkanes of at least 4 members (excludes halogenated alkanes) is 2. The minimum absolute atomic E-state index is 0.111. The van der Waals surface area contributed by atoms with Gasteiger partial charge in [-0.3, -0.25) is 4.79 Å². The number of hydrogen-bond donors (Lipinski definition) is 1. The standard InChI is InChI=1S/C14H21N5OS/c1-2-3-4-9-15-11(20)7-8-12-18-19-13(10-5-6-10)16-17-14(19)21-12/h10H,2-9H2,1H3,(H,15,20). The zero-order valence-electron chi connectivity index (χ0n) is 12.3. The number of rotatable bonds is 8. The average molecular weight is 307 g/mol. The zero-order chi connectivity index (χ0) is 14.7. The number of aromatic nitrogens is 4. The van der Waals surface area contributed by atoms with Crippen LogP contribution in [-0.2, 0) is 11.2 Å². The smallest absolute Gasteiger partial charge is 0.234 e. The van der Waals surface area contributed by atoms with Crippen molar-refractivity contribution >= 4 is 22.2 Å². The number of aryl methyl sites for hydroxylation is 1. The maximum Gasteiger partial charge on any atom is 0.234 e. The second-order valence-corrected chi connectivity index (χ2v) is 6.62. The first-order chi connectivity index (χ1) is 10.3. The molecule has 0 aliphatic heterocycles. The fourth-order valence-electron chi connectivity index (χ4n) is 2.28. The summed E-state index contributed by atoms with van der Waals surface area (Å²) in [5.41, 5.74) is 0. The van der Waals surface area contributed by atoms with Crippen molar-refractivity contribution in [2.24, 2.45) is 0 Å². The molecule has 2 aromatic heterocycles. The third-order valence-electron chi connectivity index (χ3n) is 3.67. The Bertz CT molecular complexity index is 616. The second-order valence-electron chi connectivity index (χ2n) is 5.58. The maximum absolute atomic E-state index is 11.7. The van der Waals surface area contributed by atoms with Crippen LogP contribution in [-0.4, -0.2) is 32.3 Å². The van der Waals surface area contributed by atoms with Gasteiger partial charge >= 0.3 is 0 Å². The van der Waals surface area contributed by atoms with Crippen LogP contribution in [0, 0.1) is 0 Å². The van der Waals surface area contributed by atoms with Crippen LogP contribution < -0.4 is 5.32 Å². The molecule has 21 heavy (non-hydrogen) atoms. The minimum Gasteiger partial charge on any atom is -0.356 e. The molecule has 7 heteroatoms. The summed E-state index contributed by atoms with van der Waals surface area (Å²) in [7, 11) is 0. The van der Waals surface area contributed by atoms with Gasteiger partial charge in [-0.15, -0.1) is 10.2 Å². The summed E-state index contributed by atoms with van der Waals surface area (Å²) >= 11 is 1.54. The number of carbonyl (C=O) groups is 1. The first-order valence-corrected chi connectivity index (χ1v) is 8.57. The van der Waals surface area contributed by atoms with E-state index in [9.17, 15) is 4.79 Å². The van der Waals surface area contributed by atoms with Gasteiger partial charge in [0.05, 0.1) is 0 Å². The summed E-state index contributed by atoms with van der Waals surface area (Å²) in [6, 6.07) is 0. The predicted octanol–water partition coefficient (Wildman–Crippen LogP) is 2.30. The Balaban J connectivity index is 1.50. The maximum atomic E-state index is 11.7. The van der Waals surface area contributed by atoms with Crippen LogP contribution in [0.5, 0.6) is 0 Å². The fraction of sp³-hybridized carbons (Fsp3) is 0.714. The number of fused-ring (bicyclic) bond motifs is 1. The van der Waals surface area contributed by atoms with Gasteiger partial charge in [0.1, 0.15) is 5.01 Å². The van der Waals surface area contributed by atoms with Crippen molar-refractivity contribution in [3.8, 4) is 0 Å². The minimum atomic E-state index is 0.111. The predicted molar refractivity (Wildman–Crippen MR) is 81.5 cm³/mol. The van der Waals surface area contributed by atoms with Gasteiger partial charge in [-0.05, 0) is 19.3 Å². The number of hydrogen-bond acceptors (Lipinski definition) is 5. The molecule has 6 nitrogen and oxygen atoms in total. The molecule has 2 aromatic rings. The van der Waals surface area contributed by atoms with E-state index in [1.54, 1.807) is 0 Å². The molecule has 1 N–H and O–H groups in total. The molecule has 1 aliphatic rings. The highest BCUT2D eigenvalue weighted by molar-refractivity contribution is 7.16. The van der Waals surface area contributed by atoms with Gasteiger partial charge in [-0.25, -0.2) is 0 Å². The van der Waals surface area contributed by atoms with Crippen molar-refractivity contribution in [3.63, 3.8) is 0 Å².